The zero-order valence-electron chi connectivity index (χ0n) is 11.9. The minimum atomic E-state index is 0.582. The fraction of sp³-hybridized carbons (Fsp3) is 0.235. The lowest BCUT2D eigenvalue weighted by atomic mass is 10.2. The average molecular weight is 301 g/mol. The van der Waals surface area contributed by atoms with Crippen molar-refractivity contribution in [3.05, 3.63) is 64.7 Å². The van der Waals surface area contributed by atoms with Crippen molar-refractivity contribution in [3.63, 3.8) is 0 Å². The Morgan fingerprint density at radius 1 is 1.19 bits per heavy atom. The minimum absolute atomic E-state index is 0.582. The van der Waals surface area contributed by atoms with Crippen LogP contribution in [0.2, 0.25) is 5.02 Å². The molecule has 0 saturated heterocycles. The molecule has 0 aromatic heterocycles. The molecule has 0 aliphatic rings. The molecule has 0 unspecified atom stereocenters. The van der Waals surface area contributed by atoms with Crippen LogP contribution in [0.25, 0.3) is 0 Å². The topological polar surface area (TPSA) is 36.3 Å². The molecule has 2 aromatic carbocycles. The highest BCUT2D eigenvalue weighted by molar-refractivity contribution is 6.30. The summed E-state index contributed by atoms with van der Waals surface area (Å²) in [5.74, 6) is 0.731. The minimum Gasteiger partial charge on any atom is -0.492 e. The summed E-state index contributed by atoms with van der Waals surface area (Å²) < 4.78 is 5.66. The van der Waals surface area contributed by atoms with Crippen molar-refractivity contribution >= 4 is 11.6 Å². The van der Waals surface area contributed by atoms with Crippen molar-refractivity contribution in [1.82, 2.24) is 4.90 Å². The van der Waals surface area contributed by atoms with Gasteiger partial charge in [0.15, 0.2) is 0 Å². The lowest BCUT2D eigenvalue weighted by Gasteiger charge is -2.17. The smallest absolute Gasteiger partial charge is 0.120 e. The summed E-state index contributed by atoms with van der Waals surface area (Å²) in [6.45, 7) is 2.23. The van der Waals surface area contributed by atoms with Crippen LogP contribution in [-0.4, -0.2) is 25.1 Å². The Morgan fingerprint density at radius 3 is 2.67 bits per heavy atom. The highest BCUT2D eigenvalue weighted by atomic mass is 35.5. The predicted molar refractivity (Wildman–Crippen MR) is 84.4 cm³/mol. The molecule has 108 valence electrons. The first-order valence-corrected chi connectivity index (χ1v) is 7.11. The van der Waals surface area contributed by atoms with Gasteiger partial charge in [-0.1, -0.05) is 29.8 Å². The molecule has 0 N–H and O–H groups in total. The second-order valence-electron chi connectivity index (χ2n) is 4.85. The Labute approximate surface area is 130 Å². The van der Waals surface area contributed by atoms with Crippen molar-refractivity contribution in [3.8, 4) is 11.8 Å². The monoisotopic (exact) mass is 300 g/mol. The molecule has 0 aliphatic heterocycles. The SMILES string of the molecule is CN(CCOc1cccc(C#N)c1)Cc1ccc(Cl)cc1. The van der Waals surface area contributed by atoms with E-state index in [1.165, 1.54) is 5.56 Å². The molecule has 0 radical (unpaired) electrons. The third kappa shape index (κ3) is 5.11. The third-order valence-corrected chi connectivity index (χ3v) is 3.32. The summed E-state index contributed by atoms with van der Waals surface area (Å²) in [5, 5.41) is 9.59. The van der Waals surface area contributed by atoms with Gasteiger partial charge in [0.25, 0.3) is 0 Å². The van der Waals surface area contributed by atoms with Crippen LogP contribution in [0.15, 0.2) is 48.5 Å². The van der Waals surface area contributed by atoms with Gasteiger partial charge in [-0.15, -0.1) is 0 Å². The maximum atomic E-state index is 8.84. The van der Waals surface area contributed by atoms with Crippen LogP contribution in [0.5, 0.6) is 5.75 Å². The second kappa shape index (κ2) is 7.68. The number of halogens is 1. The number of ether oxygens (including phenoxy) is 1. The number of rotatable bonds is 6. The van der Waals surface area contributed by atoms with Crippen LogP contribution in [0.1, 0.15) is 11.1 Å². The Kier molecular flexibility index (Phi) is 5.62. The standard InChI is InChI=1S/C17H17ClN2O/c1-20(13-14-5-7-16(18)8-6-14)9-10-21-17-4-2-3-15(11-17)12-19/h2-8,11H,9-10,13H2,1H3. The summed E-state index contributed by atoms with van der Waals surface area (Å²) >= 11 is 5.87. The van der Waals surface area contributed by atoms with Gasteiger partial charge in [-0.3, -0.25) is 4.90 Å². The van der Waals surface area contributed by atoms with Gasteiger partial charge >= 0.3 is 0 Å². The Bertz CT molecular complexity index is 619. The quantitative estimate of drug-likeness (QED) is 0.815. The number of nitriles is 1. The highest BCUT2D eigenvalue weighted by Crippen LogP contribution is 2.13. The average Bonchev–Trinajstić information content (AvgIpc) is 2.50. The summed E-state index contributed by atoms with van der Waals surface area (Å²) in [4.78, 5) is 2.18. The first kappa shape index (κ1) is 15.4. The first-order chi connectivity index (χ1) is 10.2. The third-order valence-electron chi connectivity index (χ3n) is 3.07. The molecule has 21 heavy (non-hydrogen) atoms. The number of benzene rings is 2. The number of hydrogen-bond donors (Lipinski definition) is 0. The molecule has 4 heteroatoms. The summed E-state index contributed by atoms with van der Waals surface area (Å²) in [5.41, 5.74) is 1.83. The molecule has 3 nitrogen and oxygen atoms in total. The summed E-state index contributed by atoms with van der Waals surface area (Å²) in [6.07, 6.45) is 0. The van der Waals surface area contributed by atoms with Crippen LogP contribution in [0.3, 0.4) is 0 Å². The Morgan fingerprint density at radius 2 is 1.95 bits per heavy atom. The van der Waals surface area contributed by atoms with Gasteiger partial charge in [-0.2, -0.15) is 5.26 Å². The molecule has 0 spiro atoms. The van der Waals surface area contributed by atoms with E-state index in [9.17, 15) is 0 Å². The van der Waals surface area contributed by atoms with E-state index in [4.69, 9.17) is 21.6 Å². The first-order valence-electron chi connectivity index (χ1n) is 6.73. The normalized spacial score (nSPS) is 10.4. The summed E-state index contributed by atoms with van der Waals surface area (Å²) in [6, 6.07) is 17.1. The van der Waals surface area contributed by atoms with E-state index in [1.54, 1.807) is 12.1 Å². The fourth-order valence-corrected chi connectivity index (χ4v) is 2.08. The van der Waals surface area contributed by atoms with Crippen molar-refractivity contribution < 1.29 is 4.74 Å². The molecule has 0 atom stereocenters. The number of hydrogen-bond acceptors (Lipinski definition) is 3. The van der Waals surface area contributed by atoms with Gasteiger partial charge in [0.1, 0.15) is 12.4 Å². The van der Waals surface area contributed by atoms with Crippen molar-refractivity contribution in [2.45, 2.75) is 6.54 Å². The molecule has 0 aliphatic carbocycles. The van der Waals surface area contributed by atoms with Gasteiger partial charge in [-0.05, 0) is 42.9 Å². The van der Waals surface area contributed by atoms with Gasteiger partial charge < -0.3 is 4.74 Å². The van der Waals surface area contributed by atoms with Crippen LogP contribution in [-0.2, 0) is 6.54 Å². The zero-order valence-corrected chi connectivity index (χ0v) is 12.7. The van der Waals surface area contributed by atoms with E-state index in [1.807, 2.05) is 43.4 Å². The maximum absolute atomic E-state index is 8.84. The maximum Gasteiger partial charge on any atom is 0.120 e. The van der Waals surface area contributed by atoms with Gasteiger partial charge in [0, 0.05) is 18.1 Å². The van der Waals surface area contributed by atoms with Crippen LogP contribution >= 0.6 is 11.6 Å². The number of nitrogens with zero attached hydrogens (tertiary/aromatic N) is 2. The van der Waals surface area contributed by atoms with E-state index < -0.39 is 0 Å². The molecular formula is C17H17ClN2O. The lowest BCUT2D eigenvalue weighted by molar-refractivity contribution is 0.233. The van der Waals surface area contributed by atoms with E-state index in [0.29, 0.717) is 12.2 Å². The van der Waals surface area contributed by atoms with Gasteiger partial charge in [0.05, 0.1) is 11.6 Å². The van der Waals surface area contributed by atoms with Crippen LogP contribution in [0, 0.1) is 11.3 Å². The predicted octanol–water partition coefficient (Wildman–Crippen LogP) is 3.72. The van der Waals surface area contributed by atoms with Crippen molar-refractivity contribution in [1.29, 1.82) is 5.26 Å². The molecule has 0 saturated carbocycles. The zero-order chi connectivity index (χ0) is 15.1. The molecule has 2 aromatic rings. The highest BCUT2D eigenvalue weighted by Gasteiger charge is 2.02. The van der Waals surface area contributed by atoms with Crippen LogP contribution in [0.4, 0.5) is 0 Å². The number of likely N-dealkylation sites (N-methyl/N-ethyl adjacent to an activating group) is 1. The van der Waals surface area contributed by atoms with Gasteiger partial charge in [-0.25, -0.2) is 0 Å². The van der Waals surface area contributed by atoms with Gasteiger partial charge in [0.2, 0.25) is 0 Å². The summed E-state index contributed by atoms with van der Waals surface area (Å²) in [7, 11) is 2.05. The fourth-order valence-electron chi connectivity index (χ4n) is 1.96. The largest absolute Gasteiger partial charge is 0.492 e. The van der Waals surface area contributed by atoms with Crippen molar-refractivity contribution in [2.24, 2.45) is 0 Å². The van der Waals surface area contributed by atoms with Crippen molar-refractivity contribution in [2.75, 3.05) is 20.2 Å². The molecule has 0 amide bonds. The molecule has 2 rings (SSSR count). The van der Waals surface area contributed by atoms with E-state index >= 15 is 0 Å². The molecule has 0 bridgehead atoms. The Balaban J connectivity index is 1.77. The second-order valence-corrected chi connectivity index (χ2v) is 5.29. The van der Waals surface area contributed by atoms with Crippen LogP contribution < -0.4 is 4.74 Å². The Hall–Kier alpha value is -2.02. The van der Waals surface area contributed by atoms with E-state index in [0.717, 1.165) is 23.9 Å². The lowest BCUT2D eigenvalue weighted by Crippen LogP contribution is -2.23. The molecule has 0 heterocycles. The van der Waals surface area contributed by atoms with E-state index in [-0.39, 0.29) is 0 Å². The van der Waals surface area contributed by atoms with E-state index in [2.05, 4.69) is 11.0 Å². The molecular weight excluding hydrogens is 284 g/mol. The molecule has 0 fully saturated rings.